The second-order valence-electron chi connectivity index (χ2n) is 4.97. The monoisotopic (exact) mass is 206 g/mol. The Labute approximate surface area is 93.3 Å². The minimum absolute atomic E-state index is 0.639. The fourth-order valence-corrected chi connectivity index (χ4v) is 2.36. The molecule has 0 unspecified atom stereocenters. The molecule has 1 heteroatoms. The van der Waals surface area contributed by atoms with Gasteiger partial charge in [-0.05, 0) is 43.1 Å². The van der Waals surface area contributed by atoms with Crippen LogP contribution < -0.4 is 0 Å². The predicted octanol–water partition coefficient (Wildman–Crippen LogP) is 3.90. The van der Waals surface area contributed by atoms with Gasteiger partial charge in [0.15, 0.2) is 0 Å². The first-order valence-electron chi connectivity index (χ1n) is 5.94. The second-order valence-corrected chi connectivity index (χ2v) is 4.97. The first kappa shape index (κ1) is 12.2. The molecule has 1 aliphatic carbocycles. The van der Waals surface area contributed by atoms with Crippen molar-refractivity contribution >= 4 is 6.29 Å². The van der Waals surface area contributed by atoms with E-state index in [-0.39, 0.29) is 0 Å². The average molecular weight is 206 g/mol. The van der Waals surface area contributed by atoms with Crippen molar-refractivity contribution in [3.63, 3.8) is 0 Å². The Morgan fingerprint density at radius 2 is 2.33 bits per heavy atom. The van der Waals surface area contributed by atoms with Gasteiger partial charge in [0.05, 0.1) is 0 Å². The van der Waals surface area contributed by atoms with Crippen LogP contribution in [0.4, 0.5) is 0 Å². The lowest BCUT2D eigenvalue weighted by atomic mass is 9.81. The highest BCUT2D eigenvalue weighted by Crippen LogP contribution is 2.33. The summed E-state index contributed by atoms with van der Waals surface area (Å²) in [5.74, 6) is 1.55. The molecule has 0 amide bonds. The van der Waals surface area contributed by atoms with Crippen LogP contribution in [0.1, 0.15) is 46.0 Å². The highest BCUT2D eigenvalue weighted by molar-refractivity contribution is 5.51. The first-order chi connectivity index (χ1) is 7.13. The van der Waals surface area contributed by atoms with Crippen molar-refractivity contribution in [2.45, 2.75) is 46.0 Å². The average Bonchev–Trinajstić information content (AvgIpc) is 2.15. The standard InChI is InChI=1S/C14H22O/c1-11(2)9-13-6-7-14(5-4-8-15)12(3)10-13/h7-8,11,13H,3-6,9-10H2,1-2H3/t13-/m1/s1. The molecular formula is C14H22O. The van der Waals surface area contributed by atoms with Gasteiger partial charge in [0.1, 0.15) is 6.29 Å². The summed E-state index contributed by atoms with van der Waals surface area (Å²) < 4.78 is 0. The first-order valence-corrected chi connectivity index (χ1v) is 5.94. The molecule has 0 aromatic heterocycles. The molecule has 84 valence electrons. The van der Waals surface area contributed by atoms with Gasteiger partial charge in [0.2, 0.25) is 0 Å². The molecule has 15 heavy (non-hydrogen) atoms. The van der Waals surface area contributed by atoms with Crippen molar-refractivity contribution in [2.75, 3.05) is 0 Å². The van der Waals surface area contributed by atoms with E-state index >= 15 is 0 Å². The van der Waals surface area contributed by atoms with Crippen LogP contribution in [-0.2, 0) is 4.79 Å². The summed E-state index contributed by atoms with van der Waals surface area (Å²) in [6.45, 7) is 8.67. The lowest BCUT2D eigenvalue weighted by Crippen LogP contribution is -2.10. The highest BCUT2D eigenvalue weighted by Gasteiger charge is 2.17. The second kappa shape index (κ2) is 5.89. The van der Waals surface area contributed by atoms with Crippen LogP contribution in [-0.4, -0.2) is 6.29 Å². The Bertz CT molecular complexity index is 261. The number of allylic oxidation sites excluding steroid dienone is 3. The third-order valence-electron chi connectivity index (χ3n) is 3.02. The maximum absolute atomic E-state index is 10.3. The molecule has 1 aliphatic rings. The van der Waals surface area contributed by atoms with Crippen LogP contribution in [0.3, 0.4) is 0 Å². The number of carbonyl (C=O) groups is 1. The van der Waals surface area contributed by atoms with Crippen LogP contribution in [0.15, 0.2) is 23.8 Å². The van der Waals surface area contributed by atoms with E-state index in [1.165, 1.54) is 24.0 Å². The molecule has 0 radical (unpaired) electrons. The van der Waals surface area contributed by atoms with Crippen molar-refractivity contribution in [1.29, 1.82) is 0 Å². The molecular weight excluding hydrogens is 184 g/mol. The van der Waals surface area contributed by atoms with Gasteiger partial charge in [0.25, 0.3) is 0 Å². The largest absolute Gasteiger partial charge is 0.303 e. The zero-order valence-electron chi connectivity index (χ0n) is 9.96. The molecule has 0 spiro atoms. The summed E-state index contributed by atoms with van der Waals surface area (Å²) in [4.78, 5) is 10.3. The van der Waals surface area contributed by atoms with E-state index in [1.54, 1.807) is 0 Å². The van der Waals surface area contributed by atoms with E-state index in [0.717, 1.165) is 31.0 Å². The number of hydrogen-bond donors (Lipinski definition) is 0. The zero-order valence-corrected chi connectivity index (χ0v) is 9.96. The number of aldehydes is 1. The van der Waals surface area contributed by atoms with Gasteiger partial charge in [-0.1, -0.05) is 32.1 Å². The molecule has 1 nitrogen and oxygen atoms in total. The van der Waals surface area contributed by atoms with E-state index in [2.05, 4.69) is 26.5 Å². The Balaban J connectivity index is 2.47. The summed E-state index contributed by atoms with van der Waals surface area (Å²) in [7, 11) is 0. The molecule has 0 aromatic carbocycles. The van der Waals surface area contributed by atoms with E-state index in [1.807, 2.05) is 0 Å². The number of hydrogen-bond acceptors (Lipinski definition) is 1. The molecule has 0 saturated heterocycles. The summed E-state index contributed by atoms with van der Waals surface area (Å²) in [6.07, 6.45) is 8.40. The van der Waals surface area contributed by atoms with Crippen molar-refractivity contribution in [1.82, 2.24) is 0 Å². The summed E-state index contributed by atoms with van der Waals surface area (Å²) in [5.41, 5.74) is 2.58. The Kier molecular flexibility index (Phi) is 4.80. The van der Waals surface area contributed by atoms with Gasteiger partial charge in [-0.25, -0.2) is 0 Å². The molecule has 0 heterocycles. The number of rotatable bonds is 5. The van der Waals surface area contributed by atoms with E-state index < -0.39 is 0 Å². The minimum atomic E-state index is 0.639. The van der Waals surface area contributed by atoms with Crippen LogP contribution in [0, 0.1) is 11.8 Å². The lowest BCUT2D eigenvalue weighted by Gasteiger charge is -2.25. The maximum Gasteiger partial charge on any atom is 0.120 e. The van der Waals surface area contributed by atoms with Crippen molar-refractivity contribution in [3.05, 3.63) is 23.8 Å². The zero-order chi connectivity index (χ0) is 11.3. The van der Waals surface area contributed by atoms with E-state index in [0.29, 0.717) is 6.42 Å². The summed E-state index contributed by atoms with van der Waals surface area (Å²) in [5, 5.41) is 0. The maximum atomic E-state index is 10.3. The molecule has 1 atom stereocenters. The van der Waals surface area contributed by atoms with Crippen LogP contribution in [0.5, 0.6) is 0 Å². The van der Waals surface area contributed by atoms with Crippen molar-refractivity contribution in [3.8, 4) is 0 Å². The van der Waals surface area contributed by atoms with Gasteiger partial charge in [-0.15, -0.1) is 0 Å². The normalized spacial score (nSPS) is 21.7. The fraction of sp³-hybridized carbons (Fsp3) is 0.643. The SMILES string of the molecule is C=C1C[C@@H](CC(C)C)CC=C1CCC=O. The van der Waals surface area contributed by atoms with Gasteiger partial charge < -0.3 is 4.79 Å². The van der Waals surface area contributed by atoms with Gasteiger partial charge in [0, 0.05) is 6.42 Å². The Hall–Kier alpha value is -0.850. The van der Waals surface area contributed by atoms with Crippen LogP contribution in [0.25, 0.3) is 0 Å². The smallest absolute Gasteiger partial charge is 0.120 e. The van der Waals surface area contributed by atoms with Crippen molar-refractivity contribution < 1.29 is 4.79 Å². The van der Waals surface area contributed by atoms with Gasteiger partial charge >= 0.3 is 0 Å². The molecule has 0 aliphatic heterocycles. The van der Waals surface area contributed by atoms with Crippen molar-refractivity contribution in [2.24, 2.45) is 11.8 Å². The molecule has 0 saturated carbocycles. The molecule has 0 fully saturated rings. The van der Waals surface area contributed by atoms with Crippen LogP contribution in [0.2, 0.25) is 0 Å². The lowest BCUT2D eigenvalue weighted by molar-refractivity contribution is -0.107. The molecule has 0 aromatic rings. The summed E-state index contributed by atoms with van der Waals surface area (Å²) in [6, 6.07) is 0. The minimum Gasteiger partial charge on any atom is -0.303 e. The predicted molar refractivity (Wildman–Crippen MR) is 64.7 cm³/mol. The van der Waals surface area contributed by atoms with Gasteiger partial charge in [-0.3, -0.25) is 0 Å². The molecule has 0 N–H and O–H groups in total. The Morgan fingerprint density at radius 1 is 1.60 bits per heavy atom. The topological polar surface area (TPSA) is 17.1 Å². The third kappa shape index (κ3) is 4.03. The fourth-order valence-electron chi connectivity index (χ4n) is 2.36. The van der Waals surface area contributed by atoms with Crippen LogP contribution >= 0.6 is 0 Å². The third-order valence-corrected chi connectivity index (χ3v) is 3.02. The van der Waals surface area contributed by atoms with E-state index in [9.17, 15) is 4.79 Å². The summed E-state index contributed by atoms with van der Waals surface area (Å²) >= 11 is 0. The van der Waals surface area contributed by atoms with Gasteiger partial charge in [-0.2, -0.15) is 0 Å². The van der Waals surface area contributed by atoms with E-state index in [4.69, 9.17) is 0 Å². The molecule has 1 rings (SSSR count). The molecule has 0 bridgehead atoms. The highest BCUT2D eigenvalue weighted by atomic mass is 16.1. The quantitative estimate of drug-likeness (QED) is 0.623. The Morgan fingerprint density at radius 3 is 2.87 bits per heavy atom. The number of carbonyl (C=O) groups excluding carboxylic acids is 1.